The van der Waals surface area contributed by atoms with Crippen LogP contribution in [0.4, 0.5) is 8.78 Å². The van der Waals surface area contributed by atoms with Gasteiger partial charge in [-0.2, -0.15) is 0 Å². The number of para-hydroxylation sites is 1. The molecule has 0 bridgehead atoms. The molecule has 1 N–H and O–H groups in total. The third kappa shape index (κ3) is 3.03. The van der Waals surface area contributed by atoms with Gasteiger partial charge in [0.05, 0.1) is 23.1 Å². The van der Waals surface area contributed by atoms with Crippen LogP contribution >= 0.6 is 0 Å². The van der Waals surface area contributed by atoms with Crippen molar-refractivity contribution in [2.24, 2.45) is 0 Å². The Balaban J connectivity index is 1.63. The average molecular weight is 426 g/mol. The minimum absolute atomic E-state index is 0.00851. The number of hydrogen-bond acceptors (Lipinski definition) is 5. The molecule has 1 atom stereocenters. The van der Waals surface area contributed by atoms with Crippen LogP contribution in [0.15, 0.2) is 39.4 Å². The van der Waals surface area contributed by atoms with E-state index in [1.807, 2.05) is 0 Å². The smallest absolute Gasteiger partial charge is 0.292 e. The Hall–Kier alpha value is -3.49. The van der Waals surface area contributed by atoms with Gasteiger partial charge in [0.2, 0.25) is 11.7 Å². The SMILES string of the molecule is Cc1nc(C(C)(C)F)oc1C(=O)N1CCc2[nH]cnc2[C@H]1c1oc2ccccc2c1F. The Morgan fingerprint density at radius 2 is 2.06 bits per heavy atom. The summed E-state index contributed by atoms with van der Waals surface area (Å²) in [4.78, 5) is 26.4. The molecule has 0 fully saturated rings. The molecule has 4 heterocycles. The van der Waals surface area contributed by atoms with Gasteiger partial charge >= 0.3 is 0 Å². The highest BCUT2D eigenvalue weighted by Crippen LogP contribution is 2.39. The van der Waals surface area contributed by atoms with Crippen LogP contribution in [0.1, 0.15) is 59.2 Å². The number of alkyl halides is 1. The highest BCUT2D eigenvalue weighted by molar-refractivity contribution is 5.93. The van der Waals surface area contributed by atoms with Crippen molar-refractivity contribution in [3.05, 3.63) is 70.9 Å². The van der Waals surface area contributed by atoms with Gasteiger partial charge in [-0.15, -0.1) is 0 Å². The van der Waals surface area contributed by atoms with Gasteiger partial charge in [-0.05, 0) is 32.9 Å². The normalized spacial score (nSPS) is 16.7. The molecule has 160 valence electrons. The van der Waals surface area contributed by atoms with E-state index in [1.54, 1.807) is 31.2 Å². The summed E-state index contributed by atoms with van der Waals surface area (Å²) in [5.74, 6) is -1.35. The first-order valence-electron chi connectivity index (χ1n) is 9.92. The van der Waals surface area contributed by atoms with E-state index in [0.29, 0.717) is 23.1 Å². The third-order valence-corrected chi connectivity index (χ3v) is 5.49. The maximum atomic E-state index is 15.3. The average Bonchev–Trinajstić information content (AvgIpc) is 3.44. The number of aromatic amines is 1. The van der Waals surface area contributed by atoms with Gasteiger partial charge in [0.25, 0.3) is 5.91 Å². The summed E-state index contributed by atoms with van der Waals surface area (Å²) in [5, 5.41) is 0.324. The largest absolute Gasteiger partial charge is 0.455 e. The molecular weight excluding hydrogens is 406 g/mol. The molecule has 1 amide bonds. The summed E-state index contributed by atoms with van der Waals surface area (Å²) in [7, 11) is 0. The quantitative estimate of drug-likeness (QED) is 0.518. The number of imidazole rings is 1. The first kappa shape index (κ1) is 19.5. The number of carbonyl (C=O) groups is 1. The minimum atomic E-state index is -1.84. The number of halogens is 2. The van der Waals surface area contributed by atoms with E-state index >= 15 is 4.39 Å². The van der Waals surface area contributed by atoms with E-state index in [1.165, 1.54) is 25.1 Å². The van der Waals surface area contributed by atoms with Crippen molar-refractivity contribution < 1.29 is 22.4 Å². The molecule has 3 aromatic heterocycles. The number of nitrogens with one attached hydrogen (secondary N) is 1. The molecule has 7 nitrogen and oxygen atoms in total. The Morgan fingerprint density at radius 3 is 2.77 bits per heavy atom. The Kier molecular flexibility index (Phi) is 4.25. The van der Waals surface area contributed by atoms with Crippen LogP contribution in [-0.2, 0) is 12.1 Å². The molecule has 0 aliphatic carbocycles. The molecular formula is C22H20F2N4O3. The van der Waals surface area contributed by atoms with Gasteiger partial charge in [0, 0.05) is 18.7 Å². The number of aromatic nitrogens is 3. The van der Waals surface area contributed by atoms with Gasteiger partial charge in [-0.25, -0.2) is 18.7 Å². The number of fused-ring (bicyclic) bond motifs is 2. The second-order valence-electron chi connectivity index (χ2n) is 8.10. The van der Waals surface area contributed by atoms with E-state index in [2.05, 4.69) is 15.0 Å². The molecule has 0 saturated carbocycles. The fourth-order valence-electron chi connectivity index (χ4n) is 3.95. The zero-order valence-electron chi connectivity index (χ0n) is 17.2. The molecule has 0 unspecified atom stereocenters. The number of rotatable bonds is 3. The topological polar surface area (TPSA) is 88.2 Å². The van der Waals surface area contributed by atoms with Crippen LogP contribution in [0.25, 0.3) is 11.0 Å². The van der Waals surface area contributed by atoms with Crippen molar-refractivity contribution in [2.45, 2.75) is 38.9 Å². The van der Waals surface area contributed by atoms with Crippen molar-refractivity contribution >= 4 is 16.9 Å². The molecule has 31 heavy (non-hydrogen) atoms. The van der Waals surface area contributed by atoms with Gasteiger partial charge < -0.3 is 18.7 Å². The van der Waals surface area contributed by atoms with Gasteiger partial charge in [-0.1, -0.05) is 12.1 Å². The number of oxazole rings is 1. The molecule has 4 aromatic rings. The molecule has 0 radical (unpaired) electrons. The summed E-state index contributed by atoms with van der Waals surface area (Å²) >= 11 is 0. The number of amides is 1. The minimum Gasteiger partial charge on any atom is -0.455 e. The molecule has 0 saturated heterocycles. The van der Waals surface area contributed by atoms with Crippen molar-refractivity contribution in [1.82, 2.24) is 19.9 Å². The number of nitrogens with zero attached hydrogens (tertiary/aromatic N) is 3. The van der Waals surface area contributed by atoms with Crippen molar-refractivity contribution in [2.75, 3.05) is 6.54 Å². The lowest BCUT2D eigenvalue weighted by atomic mass is 9.99. The van der Waals surface area contributed by atoms with Crippen LogP contribution in [0.5, 0.6) is 0 Å². The van der Waals surface area contributed by atoms with Gasteiger partial charge in [-0.3, -0.25) is 4.79 Å². The van der Waals surface area contributed by atoms with E-state index in [-0.39, 0.29) is 29.6 Å². The highest BCUT2D eigenvalue weighted by atomic mass is 19.1. The van der Waals surface area contributed by atoms with E-state index < -0.39 is 23.4 Å². The van der Waals surface area contributed by atoms with E-state index in [9.17, 15) is 9.18 Å². The van der Waals surface area contributed by atoms with Crippen LogP contribution in [0.3, 0.4) is 0 Å². The van der Waals surface area contributed by atoms with Gasteiger partial charge in [0.1, 0.15) is 11.6 Å². The second kappa shape index (κ2) is 6.76. The maximum absolute atomic E-state index is 15.3. The number of hydrogen-bond donors (Lipinski definition) is 1. The molecule has 1 aromatic carbocycles. The lowest BCUT2D eigenvalue weighted by Gasteiger charge is -2.33. The summed E-state index contributed by atoms with van der Waals surface area (Å²) in [6, 6.07) is 5.84. The molecule has 1 aliphatic rings. The summed E-state index contributed by atoms with van der Waals surface area (Å²) in [5.41, 5.74) is 0.101. The number of furan rings is 1. The lowest BCUT2D eigenvalue weighted by molar-refractivity contribution is 0.0624. The first-order valence-corrected chi connectivity index (χ1v) is 9.92. The number of aryl methyl sites for hydroxylation is 1. The Bertz CT molecular complexity index is 1300. The number of H-pyrrole nitrogens is 1. The van der Waals surface area contributed by atoms with Crippen molar-refractivity contribution in [3.63, 3.8) is 0 Å². The number of benzene rings is 1. The lowest BCUT2D eigenvalue weighted by Crippen LogP contribution is -2.41. The Labute approximate surface area is 176 Å². The third-order valence-electron chi connectivity index (χ3n) is 5.49. The van der Waals surface area contributed by atoms with Crippen molar-refractivity contribution in [1.29, 1.82) is 0 Å². The predicted molar refractivity (Wildman–Crippen MR) is 107 cm³/mol. The summed E-state index contributed by atoms with van der Waals surface area (Å²) in [6.45, 7) is 4.45. The first-order chi connectivity index (χ1) is 14.8. The van der Waals surface area contributed by atoms with Crippen LogP contribution < -0.4 is 0 Å². The monoisotopic (exact) mass is 426 g/mol. The van der Waals surface area contributed by atoms with E-state index in [4.69, 9.17) is 8.83 Å². The van der Waals surface area contributed by atoms with Crippen LogP contribution in [-0.4, -0.2) is 32.3 Å². The Morgan fingerprint density at radius 1 is 1.29 bits per heavy atom. The fourth-order valence-corrected chi connectivity index (χ4v) is 3.95. The number of carbonyl (C=O) groups excluding carboxylic acids is 1. The molecule has 9 heteroatoms. The highest BCUT2D eigenvalue weighted by Gasteiger charge is 2.41. The molecule has 0 spiro atoms. The zero-order valence-corrected chi connectivity index (χ0v) is 17.2. The zero-order chi connectivity index (χ0) is 21.9. The maximum Gasteiger partial charge on any atom is 0.292 e. The second-order valence-corrected chi connectivity index (χ2v) is 8.10. The van der Waals surface area contributed by atoms with Crippen LogP contribution in [0.2, 0.25) is 0 Å². The standard InChI is InChI=1S/C22H20F2N4O3/c1-11-18(31-21(27-11)22(2,3)24)20(29)28-9-8-13-16(26-10-25-13)17(28)19-15(23)12-6-4-5-7-14(12)30-19/h4-7,10,17H,8-9H2,1-3H3,(H,25,26)/t17-/m0/s1. The fraction of sp³-hybridized carbons (Fsp3) is 0.318. The summed E-state index contributed by atoms with van der Waals surface area (Å²) < 4.78 is 41.0. The van der Waals surface area contributed by atoms with Gasteiger partial charge in [0.15, 0.2) is 17.2 Å². The summed E-state index contributed by atoms with van der Waals surface area (Å²) in [6.07, 6.45) is 2.00. The van der Waals surface area contributed by atoms with Crippen LogP contribution in [0, 0.1) is 12.7 Å². The van der Waals surface area contributed by atoms with Crippen molar-refractivity contribution in [3.8, 4) is 0 Å². The predicted octanol–water partition coefficient (Wildman–Crippen LogP) is 4.58. The van der Waals surface area contributed by atoms with E-state index in [0.717, 1.165) is 5.69 Å². The molecule has 5 rings (SSSR count). The molecule has 1 aliphatic heterocycles.